The molecule has 0 aliphatic carbocycles. The fraction of sp³-hybridized carbons (Fsp3) is 0.235. The molecule has 0 heterocycles. The van der Waals surface area contributed by atoms with Gasteiger partial charge < -0.3 is 10.1 Å². The summed E-state index contributed by atoms with van der Waals surface area (Å²) in [5.74, 6) is 0.536. The summed E-state index contributed by atoms with van der Waals surface area (Å²) in [4.78, 5) is 13.3. The number of benzene rings is 2. The molecule has 0 bridgehead atoms. The maximum Gasteiger partial charge on any atom is 0.265 e. The summed E-state index contributed by atoms with van der Waals surface area (Å²) >= 11 is 1.67. The first-order valence-corrected chi connectivity index (χ1v) is 7.99. The highest BCUT2D eigenvalue weighted by atomic mass is 32.2. The zero-order chi connectivity index (χ0) is 15.2. The first-order chi connectivity index (χ1) is 10.1. The van der Waals surface area contributed by atoms with E-state index in [-0.39, 0.29) is 5.91 Å². The predicted molar refractivity (Wildman–Crippen MR) is 88.1 cm³/mol. The van der Waals surface area contributed by atoms with Crippen LogP contribution in [-0.2, 0) is 4.79 Å². The highest BCUT2D eigenvalue weighted by molar-refractivity contribution is 7.98. The largest absolute Gasteiger partial charge is 0.481 e. The van der Waals surface area contributed by atoms with Crippen molar-refractivity contribution in [2.75, 3.05) is 11.6 Å². The van der Waals surface area contributed by atoms with E-state index in [2.05, 4.69) is 5.32 Å². The second-order valence-corrected chi connectivity index (χ2v) is 5.67. The molecule has 0 saturated heterocycles. The fourth-order valence-electron chi connectivity index (χ4n) is 1.88. The van der Waals surface area contributed by atoms with Gasteiger partial charge in [0.25, 0.3) is 5.91 Å². The number of hydrogen-bond acceptors (Lipinski definition) is 3. The van der Waals surface area contributed by atoms with Crippen LogP contribution in [0.2, 0.25) is 0 Å². The number of amides is 1. The predicted octanol–water partition coefficient (Wildman–Crippen LogP) is 4.12. The molecular formula is C17H19NO2S. The summed E-state index contributed by atoms with van der Waals surface area (Å²) in [5.41, 5.74) is 1.89. The molecule has 4 heteroatoms. The Bertz CT molecular complexity index is 610. The minimum absolute atomic E-state index is 0.158. The maximum atomic E-state index is 12.1. The smallest absolute Gasteiger partial charge is 0.265 e. The second-order valence-electron chi connectivity index (χ2n) is 4.79. The summed E-state index contributed by atoms with van der Waals surface area (Å²) < 4.78 is 5.66. The molecule has 1 atom stereocenters. The van der Waals surface area contributed by atoms with Crippen molar-refractivity contribution in [1.29, 1.82) is 0 Å². The molecule has 110 valence electrons. The highest BCUT2D eigenvalue weighted by Gasteiger charge is 2.14. The standard InChI is InChI=1S/C17H19NO2S/c1-12-5-4-6-14(11-12)18-17(19)13(2)20-15-7-9-16(21-3)10-8-15/h4-11,13H,1-3H3,(H,18,19). The average Bonchev–Trinajstić information content (AvgIpc) is 2.48. The Morgan fingerprint density at radius 3 is 2.52 bits per heavy atom. The highest BCUT2D eigenvalue weighted by Crippen LogP contribution is 2.20. The fourth-order valence-corrected chi connectivity index (χ4v) is 2.29. The van der Waals surface area contributed by atoms with Gasteiger partial charge in [0.05, 0.1) is 0 Å². The number of carbonyl (C=O) groups is 1. The lowest BCUT2D eigenvalue weighted by atomic mass is 10.2. The Balaban J connectivity index is 1.95. The van der Waals surface area contributed by atoms with Crippen LogP contribution in [0, 0.1) is 6.92 Å². The Morgan fingerprint density at radius 2 is 1.90 bits per heavy atom. The molecule has 1 amide bonds. The van der Waals surface area contributed by atoms with Gasteiger partial charge in [-0.15, -0.1) is 11.8 Å². The summed E-state index contributed by atoms with van der Waals surface area (Å²) in [7, 11) is 0. The van der Waals surface area contributed by atoms with Gasteiger partial charge in [0.15, 0.2) is 6.10 Å². The zero-order valence-corrected chi connectivity index (χ0v) is 13.2. The van der Waals surface area contributed by atoms with Gasteiger partial charge in [-0.3, -0.25) is 4.79 Å². The van der Waals surface area contributed by atoms with Crippen LogP contribution < -0.4 is 10.1 Å². The lowest BCUT2D eigenvalue weighted by Crippen LogP contribution is -2.30. The number of ether oxygens (including phenoxy) is 1. The Hall–Kier alpha value is -1.94. The first kappa shape index (κ1) is 15.4. The molecule has 0 aliphatic rings. The molecular weight excluding hydrogens is 282 g/mol. The molecule has 3 nitrogen and oxygen atoms in total. The van der Waals surface area contributed by atoms with Gasteiger partial charge in [0, 0.05) is 10.6 Å². The van der Waals surface area contributed by atoms with Crippen LogP contribution >= 0.6 is 11.8 Å². The first-order valence-electron chi connectivity index (χ1n) is 6.77. The van der Waals surface area contributed by atoms with Crippen LogP contribution in [0.1, 0.15) is 12.5 Å². The topological polar surface area (TPSA) is 38.3 Å². The third kappa shape index (κ3) is 4.53. The van der Waals surface area contributed by atoms with E-state index < -0.39 is 6.10 Å². The summed E-state index contributed by atoms with van der Waals surface area (Å²) in [6.45, 7) is 3.73. The van der Waals surface area contributed by atoms with Crippen LogP contribution in [0.25, 0.3) is 0 Å². The van der Waals surface area contributed by atoms with Crippen molar-refractivity contribution in [2.24, 2.45) is 0 Å². The molecule has 2 rings (SSSR count). The van der Waals surface area contributed by atoms with E-state index in [0.29, 0.717) is 5.75 Å². The third-order valence-electron chi connectivity index (χ3n) is 3.03. The zero-order valence-electron chi connectivity index (χ0n) is 12.4. The minimum atomic E-state index is -0.550. The van der Waals surface area contributed by atoms with Crippen LogP contribution in [0.3, 0.4) is 0 Å². The number of aryl methyl sites for hydroxylation is 1. The summed E-state index contributed by atoms with van der Waals surface area (Å²) in [6, 6.07) is 15.4. The molecule has 0 spiro atoms. The van der Waals surface area contributed by atoms with E-state index in [0.717, 1.165) is 11.3 Å². The van der Waals surface area contributed by atoms with Crippen molar-refractivity contribution in [3.8, 4) is 5.75 Å². The van der Waals surface area contributed by atoms with E-state index in [9.17, 15) is 4.79 Å². The SMILES string of the molecule is CSc1ccc(OC(C)C(=O)Nc2cccc(C)c2)cc1. The van der Waals surface area contributed by atoms with Crippen molar-refractivity contribution < 1.29 is 9.53 Å². The van der Waals surface area contributed by atoms with E-state index in [1.807, 2.05) is 61.7 Å². The molecule has 1 N–H and O–H groups in total. The number of rotatable bonds is 5. The van der Waals surface area contributed by atoms with Crippen molar-refractivity contribution in [2.45, 2.75) is 24.8 Å². The van der Waals surface area contributed by atoms with Gasteiger partial charge in [0.1, 0.15) is 5.75 Å². The number of nitrogens with one attached hydrogen (secondary N) is 1. The monoisotopic (exact) mass is 301 g/mol. The second kappa shape index (κ2) is 7.18. The van der Waals surface area contributed by atoms with Crippen LogP contribution in [0.5, 0.6) is 5.75 Å². The van der Waals surface area contributed by atoms with Crippen molar-refractivity contribution in [1.82, 2.24) is 0 Å². The normalized spacial score (nSPS) is 11.8. The lowest BCUT2D eigenvalue weighted by Gasteiger charge is -2.15. The quantitative estimate of drug-likeness (QED) is 0.844. The van der Waals surface area contributed by atoms with Gasteiger partial charge >= 0.3 is 0 Å². The van der Waals surface area contributed by atoms with E-state index in [4.69, 9.17) is 4.74 Å². The number of hydrogen-bond donors (Lipinski definition) is 1. The minimum Gasteiger partial charge on any atom is -0.481 e. The number of carbonyl (C=O) groups excluding carboxylic acids is 1. The number of anilines is 1. The van der Waals surface area contributed by atoms with Crippen LogP contribution in [-0.4, -0.2) is 18.3 Å². The van der Waals surface area contributed by atoms with Gasteiger partial charge in [-0.1, -0.05) is 12.1 Å². The van der Waals surface area contributed by atoms with E-state index >= 15 is 0 Å². The van der Waals surface area contributed by atoms with Gasteiger partial charge in [-0.2, -0.15) is 0 Å². The molecule has 0 aliphatic heterocycles. The van der Waals surface area contributed by atoms with Crippen molar-refractivity contribution in [3.05, 3.63) is 54.1 Å². The van der Waals surface area contributed by atoms with Gasteiger partial charge in [-0.25, -0.2) is 0 Å². The lowest BCUT2D eigenvalue weighted by molar-refractivity contribution is -0.122. The van der Waals surface area contributed by atoms with Gasteiger partial charge in [0.2, 0.25) is 0 Å². The van der Waals surface area contributed by atoms with Crippen LogP contribution in [0.4, 0.5) is 5.69 Å². The van der Waals surface area contributed by atoms with Crippen molar-refractivity contribution >= 4 is 23.4 Å². The molecule has 21 heavy (non-hydrogen) atoms. The van der Waals surface area contributed by atoms with E-state index in [1.54, 1.807) is 18.7 Å². The Morgan fingerprint density at radius 1 is 1.19 bits per heavy atom. The van der Waals surface area contributed by atoms with Gasteiger partial charge in [-0.05, 0) is 62.1 Å². The molecule has 2 aromatic carbocycles. The van der Waals surface area contributed by atoms with Crippen LogP contribution in [0.15, 0.2) is 53.4 Å². The summed E-state index contributed by atoms with van der Waals surface area (Å²) in [6.07, 6.45) is 1.47. The molecule has 0 saturated carbocycles. The molecule has 0 fully saturated rings. The molecule has 0 radical (unpaired) electrons. The molecule has 0 aromatic heterocycles. The van der Waals surface area contributed by atoms with E-state index in [1.165, 1.54) is 4.90 Å². The number of thioether (sulfide) groups is 1. The Labute approximate surface area is 129 Å². The average molecular weight is 301 g/mol. The maximum absolute atomic E-state index is 12.1. The molecule has 1 unspecified atom stereocenters. The third-order valence-corrected chi connectivity index (χ3v) is 3.77. The molecule has 2 aromatic rings. The summed E-state index contributed by atoms with van der Waals surface area (Å²) in [5, 5.41) is 2.86. The van der Waals surface area contributed by atoms with Crippen molar-refractivity contribution in [3.63, 3.8) is 0 Å². The Kier molecular flexibility index (Phi) is 5.28.